The first-order valence-corrected chi connectivity index (χ1v) is 11.5. The number of amides is 2. The third-order valence-electron chi connectivity index (χ3n) is 5.30. The van der Waals surface area contributed by atoms with Crippen molar-refractivity contribution in [3.05, 3.63) is 93.0 Å². The summed E-state index contributed by atoms with van der Waals surface area (Å²) in [6.07, 6.45) is 0. The zero-order valence-corrected chi connectivity index (χ0v) is 20.3. The fourth-order valence-electron chi connectivity index (χ4n) is 3.60. The van der Waals surface area contributed by atoms with Gasteiger partial charge in [-0.3, -0.25) is 9.59 Å². The molecule has 3 aromatic carbocycles. The van der Waals surface area contributed by atoms with Crippen molar-refractivity contribution in [2.75, 3.05) is 17.3 Å². The molecule has 0 radical (unpaired) electrons. The second-order valence-corrected chi connectivity index (χ2v) is 9.32. The SMILES string of the molecule is COc1ccc(NC2=C(Sc3ccc(C)cc3)C(=O)N(c3ccc(C)cc3C)C2=O)cc1Cl. The van der Waals surface area contributed by atoms with Gasteiger partial charge in [0.05, 0.1) is 17.8 Å². The molecule has 3 aromatic rings. The number of nitrogens with one attached hydrogen (secondary N) is 1. The summed E-state index contributed by atoms with van der Waals surface area (Å²) in [5.74, 6) is -0.246. The number of nitrogens with zero attached hydrogens (tertiary/aromatic N) is 1. The Balaban J connectivity index is 1.76. The van der Waals surface area contributed by atoms with Crippen LogP contribution in [0.25, 0.3) is 0 Å². The van der Waals surface area contributed by atoms with E-state index in [4.69, 9.17) is 16.3 Å². The third kappa shape index (κ3) is 4.63. The minimum absolute atomic E-state index is 0.215. The van der Waals surface area contributed by atoms with Crippen LogP contribution >= 0.6 is 23.4 Å². The Hall–Kier alpha value is -3.22. The molecule has 0 saturated carbocycles. The predicted octanol–water partition coefficient (Wildman–Crippen LogP) is 6.26. The molecular formula is C26H23ClN2O3S. The first-order chi connectivity index (χ1) is 15.8. The minimum Gasteiger partial charge on any atom is -0.495 e. The van der Waals surface area contributed by atoms with Crippen LogP contribution < -0.4 is 15.0 Å². The second kappa shape index (κ2) is 9.33. The lowest BCUT2D eigenvalue weighted by atomic mass is 10.1. The molecule has 0 aliphatic carbocycles. The summed E-state index contributed by atoms with van der Waals surface area (Å²) in [7, 11) is 1.54. The fraction of sp³-hybridized carbons (Fsp3) is 0.154. The number of benzene rings is 3. The molecule has 1 aliphatic rings. The molecule has 0 spiro atoms. The number of ether oxygens (including phenoxy) is 1. The van der Waals surface area contributed by atoms with E-state index < -0.39 is 5.91 Å². The molecule has 0 fully saturated rings. The maximum Gasteiger partial charge on any atom is 0.283 e. The van der Waals surface area contributed by atoms with E-state index in [1.807, 2.05) is 63.2 Å². The maximum absolute atomic E-state index is 13.5. The highest BCUT2D eigenvalue weighted by Gasteiger charge is 2.40. The molecule has 0 saturated heterocycles. The lowest BCUT2D eigenvalue weighted by Crippen LogP contribution is -2.33. The van der Waals surface area contributed by atoms with Gasteiger partial charge in [0, 0.05) is 10.6 Å². The van der Waals surface area contributed by atoms with Gasteiger partial charge in [0.1, 0.15) is 16.4 Å². The van der Waals surface area contributed by atoms with E-state index in [-0.39, 0.29) is 11.6 Å². The van der Waals surface area contributed by atoms with Gasteiger partial charge in [0.25, 0.3) is 11.8 Å². The van der Waals surface area contributed by atoms with Gasteiger partial charge >= 0.3 is 0 Å². The van der Waals surface area contributed by atoms with Crippen molar-refractivity contribution in [1.29, 1.82) is 0 Å². The second-order valence-electron chi connectivity index (χ2n) is 7.83. The standard InChI is InChI=1S/C26H23ClN2O3S/c1-15-5-9-19(10-6-15)33-24-23(28-18-8-12-22(32-4)20(27)14-18)25(30)29(26(24)31)21-11-7-16(2)13-17(21)3/h5-14,28H,1-4H3. The van der Waals surface area contributed by atoms with Gasteiger partial charge in [-0.2, -0.15) is 0 Å². The normalized spacial score (nSPS) is 13.7. The summed E-state index contributed by atoms with van der Waals surface area (Å²) in [5.41, 5.74) is 4.40. The molecule has 0 unspecified atom stereocenters. The van der Waals surface area contributed by atoms with E-state index in [9.17, 15) is 9.59 Å². The summed E-state index contributed by atoms with van der Waals surface area (Å²) in [6, 6.07) is 18.6. The monoisotopic (exact) mass is 478 g/mol. The Bertz CT molecular complexity index is 1290. The number of methoxy groups -OCH3 is 1. The van der Waals surface area contributed by atoms with Crippen LogP contribution in [0.5, 0.6) is 5.75 Å². The molecule has 1 heterocycles. The van der Waals surface area contributed by atoms with Gasteiger partial charge in [0.15, 0.2) is 0 Å². The highest BCUT2D eigenvalue weighted by molar-refractivity contribution is 8.04. The molecule has 168 valence electrons. The maximum atomic E-state index is 13.5. The summed E-state index contributed by atoms with van der Waals surface area (Å²) < 4.78 is 5.21. The highest BCUT2D eigenvalue weighted by Crippen LogP contribution is 2.39. The van der Waals surface area contributed by atoms with Crippen molar-refractivity contribution in [2.45, 2.75) is 25.7 Å². The van der Waals surface area contributed by atoms with Crippen LogP contribution in [0.3, 0.4) is 0 Å². The molecule has 2 amide bonds. The van der Waals surface area contributed by atoms with Crippen LogP contribution in [-0.4, -0.2) is 18.9 Å². The smallest absolute Gasteiger partial charge is 0.283 e. The molecule has 1 aliphatic heterocycles. The largest absolute Gasteiger partial charge is 0.495 e. The van der Waals surface area contributed by atoms with Gasteiger partial charge in [-0.25, -0.2) is 4.90 Å². The number of halogens is 1. The van der Waals surface area contributed by atoms with Crippen LogP contribution in [0.2, 0.25) is 5.02 Å². The summed E-state index contributed by atoms with van der Waals surface area (Å²) in [5, 5.41) is 3.53. The van der Waals surface area contributed by atoms with Crippen molar-refractivity contribution in [2.24, 2.45) is 0 Å². The van der Waals surface area contributed by atoms with Crippen LogP contribution in [-0.2, 0) is 9.59 Å². The number of thioether (sulfide) groups is 1. The molecule has 33 heavy (non-hydrogen) atoms. The zero-order chi connectivity index (χ0) is 23.7. The Morgan fingerprint density at radius 1 is 0.879 bits per heavy atom. The lowest BCUT2D eigenvalue weighted by molar-refractivity contribution is -0.120. The number of hydrogen-bond acceptors (Lipinski definition) is 5. The Labute approximate surface area is 202 Å². The van der Waals surface area contributed by atoms with Crippen molar-refractivity contribution in [3.8, 4) is 5.75 Å². The first-order valence-electron chi connectivity index (χ1n) is 10.3. The van der Waals surface area contributed by atoms with Crippen molar-refractivity contribution in [3.63, 3.8) is 0 Å². The zero-order valence-electron chi connectivity index (χ0n) is 18.7. The molecule has 4 rings (SSSR count). The number of aryl methyl sites for hydroxylation is 3. The van der Waals surface area contributed by atoms with E-state index >= 15 is 0 Å². The molecule has 7 heteroatoms. The Kier molecular flexibility index (Phi) is 6.49. The lowest BCUT2D eigenvalue weighted by Gasteiger charge is -2.18. The van der Waals surface area contributed by atoms with Crippen LogP contribution in [0.1, 0.15) is 16.7 Å². The first kappa shape index (κ1) is 23.0. The van der Waals surface area contributed by atoms with Gasteiger partial charge < -0.3 is 10.1 Å². The van der Waals surface area contributed by atoms with Crippen molar-refractivity contribution in [1.82, 2.24) is 0 Å². The summed E-state index contributed by atoms with van der Waals surface area (Å²) in [4.78, 5) is 29.5. The number of carbonyl (C=O) groups excluding carboxylic acids is 2. The number of rotatable bonds is 6. The van der Waals surface area contributed by atoms with Gasteiger partial charge in [-0.15, -0.1) is 0 Å². The minimum atomic E-state index is -0.409. The van der Waals surface area contributed by atoms with Crippen LogP contribution in [0.15, 0.2) is 76.2 Å². The van der Waals surface area contributed by atoms with Gasteiger partial charge in [-0.05, 0) is 62.7 Å². The molecule has 0 atom stereocenters. The molecular weight excluding hydrogens is 456 g/mol. The van der Waals surface area contributed by atoms with Crippen LogP contribution in [0, 0.1) is 20.8 Å². The number of anilines is 2. The number of hydrogen-bond donors (Lipinski definition) is 1. The average molecular weight is 479 g/mol. The van der Waals surface area contributed by atoms with E-state index in [2.05, 4.69) is 5.32 Å². The number of carbonyl (C=O) groups is 2. The van der Waals surface area contributed by atoms with Gasteiger partial charge in [0.2, 0.25) is 0 Å². The van der Waals surface area contributed by atoms with E-state index in [1.54, 1.807) is 18.2 Å². The highest BCUT2D eigenvalue weighted by atomic mass is 35.5. The Morgan fingerprint density at radius 3 is 2.21 bits per heavy atom. The summed E-state index contributed by atoms with van der Waals surface area (Å²) in [6.45, 7) is 5.87. The van der Waals surface area contributed by atoms with E-state index in [1.165, 1.54) is 23.8 Å². The topological polar surface area (TPSA) is 58.6 Å². The predicted molar refractivity (Wildman–Crippen MR) is 134 cm³/mol. The summed E-state index contributed by atoms with van der Waals surface area (Å²) >= 11 is 7.54. The number of imide groups is 1. The molecule has 0 bridgehead atoms. The quantitative estimate of drug-likeness (QED) is 0.423. The molecule has 1 N–H and O–H groups in total. The fourth-order valence-corrected chi connectivity index (χ4v) is 4.79. The van der Waals surface area contributed by atoms with E-state index in [0.717, 1.165) is 21.6 Å². The third-order valence-corrected chi connectivity index (χ3v) is 6.68. The molecule has 5 nitrogen and oxygen atoms in total. The van der Waals surface area contributed by atoms with Crippen molar-refractivity contribution >= 4 is 46.6 Å². The van der Waals surface area contributed by atoms with Gasteiger partial charge in [-0.1, -0.05) is 58.8 Å². The van der Waals surface area contributed by atoms with Crippen LogP contribution in [0.4, 0.5) is 11.4 Å². The van der Waals surface area contributed by atoms with Crippen molar-refractivity contribution < 1.29 is 14.3 Å². The van der Waals surface area contributed by atoms with E-state index in [0.29, 0.717) is 27.1 Å². The molecule has 0 aromatic heterocycles. The average Bonchev–Trinajstić information content (AvgIpc) is 3.00. The Morgan fingerprint density at radius 2 is 1.58 bits per heavy atom.